The van der Waals surface area contributed by atoms with Crippen LogP contribution in [0.1, 0.15) is 69.5 Å². The van der Waals surface area contributed by atoms with Gasteiger partial charge in [-0.2, -0.15) is 26.3 Å². The molecule has 0 bridgehead atoms. The summed E-state index contributed by atoms with van der Waals surface area (Å²) in [5, 5.41) is 26.8. The third-order valence-corrected chi connectivity index (χ3v) is 6.84. The summed E-state index contributed by atoms with van der Waals surface area (Å²) in [5.41, 5.74) is 1.22. The average molecular weight is 560 g/mol. The Kier molecular flexibility index (Phi) is 12.3. The number of hydrogen-bond acceptors (Lipinski definition) is 6. The van der Waals surface area contributed by atoms with E-state index in [1.165, 1.54) is 89.7 Å². The first kappa shape index (κ1) is 31.8. The van der Waals surface area contributed by atoms with Crippen LogP contribution < -0.4 is 5.32 Å². The Morgan fingerprint density at radius 3 is 1.92 bits per heavy atom. The summed E-state index contributed by atoms with van der Waals surface area (Å²) in [4.78, 5) is 20.4. The van der Waals surface area contributed by atoms with Crippen LogP contribution >= 0.6 is 0 Å². The minimum absolute atomic E-state index is 0.561. The van der Waals surface area contributed by atoms with Gasteiger partial charge in [-0.1, -0.05) is 37.3 Å². The highest BCUT2D eigenvalue weighted by Gasteiger charge is 2.38. The van der Waals surface area contributed by atoms with Crippen molar-refractivity contribution < 1.29 is 46.1 Å². The number of alkyl halides is 6. The molecule has 218 valence electrons. The predicted octanol–water partition coefficient (Wildman–Crippen LogP) is 4.06. The molecule has 38 heavy (non-hydrogen) atoms. The highest BCUT2D eigenvalue weighted by atomic mass is 19.4. The summed E-state index contributed by atoms with van der Waals surface area (Å²) in [6.45, 7) is 4.86. The zero-order valence-corrected chi connectivity index (χ0v) is 21.0. The molecule has 1 aliphatic carbocycles. The number of carboxylic acid groups (broad SMARTS) is 2. The number of hydrogen-bond donors (Lipinski definition) is 3. The summed E-state index contributed by atoms with van der Waals surface area (Å²) in [7, 11) is 0. The van der Waals surface area contributed by atoms with E-state index in [0.717, 1.165) is 18.4 Å². The van der Waals surface area contributed by atoms with Crippen LogP contribution in [-0.2, 0) is 16.0 Å². The Hall–Kier alpha value is -2.42. The van der Waals surface area contributed by atoms with Crippen LogP contribution in [0.4, 0.5) is 26.3 Å². The van der Waals surface area contributed by atoms with Crippen LogP contribution in [0.5, 0.6) is 0 Å². The molecule has 1 aromatic heterocycles. The molecule has 4 rings (SSSR count). The van der Waals surface area contributed by atoms with E-state index in [-0.39, 0.29) is 0 Å². The first-order valence-electron chi connectivity index (χ1n) is 12.7. The van der Waals surface area contributed by atoms with E-state index in [1.54, 1.807) is 0 Å². The van der Waals surface area contributed by atoms with Crippen LogP contribution in [0.3, 0.4) is 0 Å². The topological polar surface area (TPSA) is 121 Å². The normalized spacial score (nSPS) is 21.7. The van der Waals surface area contributed by atoms with Gasteiger partial charge in [-0.15, -0.1) is 5.10 Å². The number of likely N-dealkylation sites (tertiary alicyclic amines) is 1. The molecule has 9 nitrogen and oxygen atoms in total. The van der Waals surface area contributed by atoms with Gasteiger partial charge in [0, 0.05) is 31.9 Å². The molecule has 0 amide bonds. The van der Waals surface area contributed by atoms with Gasteiger partial charge in [0.2, 0.25) is 0 Å². The van der Waals surface area contributed by atoms with Crippen molar-refractivity contribution in [1.29, 1.82) is 0 Å². The molecule has 0 unspecified atom stereocenters. The minimum atomic E-state index is -5.08. The van der Waals surface area contributed by atoms with Gasteiger partial charge in [0.25, 0.3) is 0 Å². The van der Waals surface area contributed by atoms with Crippen molar-refractivity contribution >= 4 is 11.9 Å². The summed E-state index contributed by atoms with van der Waals surface area (Å²) >= 11 is 0. The third-order valence-electron chi connectivity index (χ3n) is 6.84. The number of nitrogens with one attached hydrogen (secondary N) is 1. The van der Waals surface area contributed by atoms with E-state index in [9.17, 15) is 26.3 Å². The lowest BCUT2D eigenvalue weighted by molar-refractivity contribution is -0.193. The highest BCUT2D eigenvalue weighted by molar-refractivity contribution is 5.73. The lowest BCUT2D eigenvalue weighted by Gasteiger charge is -2.33. The van der Waals surface area contributed by atoms with Crippen LogP contribution in [0.2, 0.25) is 0 Å². The maximum Gasteiger partial charge on any atom is 0.490 e. The quantitative estimate of drug-likeness (QED) is 0.462. The Balaban J connectivity index is 0.000000301. The summed E-state index contributed by atoms with van der Waals surface area (Å²) in [6.07, 6.45) is 5.40. The standard InChI is InChI=1S/C19H33N5.2C2HF3O2/c1-2-5-16(6-3-1)13-18-15-24(22-21-18)19-8-11-23(12-9-19)14-17-7-4-10-20-17;2*3-2(4,5)1(6)7/h15-17,19-20H,1-14H2;2*(H,6,7)/t17-;;/m1../s1. The van der Waals surface area contributed by atoms with E-state index in [0.29, 0.717) is 6.04 Å². The second-order valence-corrected chi connectivity index (χ2v) is 9.83. The molecule has 15 heteroatoms. The number of aliphatic carboxylic acids is 2. The van der Waals surface area contributed by atoms with Crippen molar-refractivity contribution in [2.24, 2.45) is 5.92 Å². The second kappa shape index (κ2) is 14.7. The lowest BCUT2D eigenvalue weighted by atomic mass is 9.86. The number of halogens is 6. The van der Waals surface area contributed by atoms with Crippen molar-refractivity contribution in [3.63, 3.8) is 0 Å². The van der Waals surface area contributed by atoms with Crippen molar-refractivity contribution in [3.8, 4) is 0 Å². The zero-order valence-electron chi connectivity index (χ0n) is 21.0. The fraction of sp³-hybridized carbons (Fsp3) is 0.826. The summed E-state index contributed by atoms with van der Waals surface area (Å²) in [6, 6.07) is 1.29. The Labute approximate surface area is 216 Å². The van der Waals surface area contributed by atoms with Crippen molar-refractivity contribution in [2.45, 2.75) is 88.6 Å². The smallest absolute Gasteiger partial charge is 0.475 e. The van der Waals surface area contributed by atoms with Crippen LogP contribution in [0.15, 0.2) is 6.20 Å². The third kappa shape index (κ3) is 11.5. The van der Waals surface area contributed by atoms with Gasteiger partial charge in [-0.3, -0.25) is 0 Å². The van der Waals surface area contributed by atoms with Crippen LogP contribution in [0, 0.1) is 5.92 Å². The molecule has 0 aromatic carbocycles. The second-order valence-electron chi connectivity index (χ2n) is 9.83. The van der Waals surface area contributed by atoms with Crippen molar-refractivity contribution in [1.82, 2.24) is 25.2 Å². The average Bonchev–Trinajstić information content (AvgIpc) is 3.52. The molecule has 3 fully saturated rings. The van der Waals surface area contributed by atoms with Gasteiger partial charge >= 0.3 is 24.3 Å². The zero-order chi connectivity index (χ0) is 28.3. The van der Waals surface area contributed by atoms with Gasteiger partial charge in [-0.25, -0.2) is 14.3 Å². The van der Waals surface area contributed by atoms with Crippen molar-refractivity contribution in [2.75, 3.05) is 26.2 Å². The van der Waals surface area contributed by atoms with Gasteiger partial charge in [0.05, 0.1) is 11.7 Å². The van der Waals surface area contributed by atoms with Crippen molar-refractivity contribution in [3.05, 3.63) is 11.9 Å². The van der Waals surface area contributed by atoms with E-state index >= 15 is 0 Å². The predicted molar refractivity (Wildman–Crippen MR) is 123 cm³/mol. The maximum absolute atomic E-state index is 10.6. The van der Waals surface area contributed by atoms with Crippen LogP contribution in [0.25, 0.3) is 0 Å². The molecular formula is C23H35F6N5O4. The molecule has 2 saturated heterocycles. The van der Waals surface area contributed by atoms with Crippen LogP contribution in [-0.4, -0.2) is 86.6 Å². The molecule has 3 N–H and O–H groups in total. The van der Waals surface area contributed by atoms with E-state index in [4.69, 9.17) is 19.8 Å². The Morgan fingerprint density at radius 1 is 0.895 bits per heavy atom. The highest BCUT2D eigenvalue weighted by Crippen LogP contribution is 2.27. The Morgan fingerprint density at radius 2 is 1.45 bits per heavy atom. The van der Waals surface area contributed by atoms with E-state index in [1.807, 2.05) is 0 Å². The molecule has 1 atom stereocenters. The summed E-state index contributed by atoms with van der Waals surface area (Å²) < 4.78 is 65.6. The number of carbonyl (C=O) groups is 2. The molecular weight excluding hydrogens is 524 g/mol. The lowest BCUT2D eigenvalue weighted by Crippen LogP contribution is -2.42. The number of piperidine rings is 1. The molecule has 1 saturated carbocycles. The molecule has 0 radical (unpaired) electrons. The van der Waals surface area contributed by atoms with E-state index < -0.39 is 24.3 Å². The first-order chi connectivity index (χ1) is 17.8. The molecule has 3 aliphatic rings. The first-order valence-corrected chi connectivity index (χ1v) is 12.7. The number of carboxylic acids is 2. The van der Waals surface area contributed by atoms with Gasteiger partial charge < -0.3 is 20.4 Å². The number of rotatable bonds is 5. The molecule has 0 spiro atoms. The van der Waals surface area contributed by atoms with Gasteiger partial charge in [0.15, 0.2) is 0 Å². The minimum Gasteiger partial charge on any atom is -0.475 e. The largest absolute Gasteiger partial charge is 0.490 e. The Bertz CT molecular complexity index is 835. The SMILES string of the molecule is O=C(O)C(F)(F)F.O=C(O)C(F)(F)F.c1c(CC2CCCCC2)nnn1C1CCN(C[C@H]2CCCN2)CC1. The monoisotopic (exact) mass is 559 g/mol. The number of aromatic nitrogens is 3. The van der Waals surface area contributed by atoms with Gasteiger partial charge in [-0.05, 0) is 44.6 Å². The van der Waals surface area contributed by atoms with E-state index in [2.05, 4.69) is 31.4 Å². The molecule has 2 aliphatic heterocycles. The summed E-state index contributed by atoms with van der Waals surface area (Å²) in [5.74, 6) is -4.66. The number of nitrogens with zero attached hydrogens (tertiary/aromatic N) is 4. The maximum atomic E-state index is 10.6. The fourth-order valence-electron chi connectivity index (χ4n) is 4.86. The fourth-order valence-corrected chi connectivity index (χ4v) is 4.86. The van der Waals surface area contributed by atoms with Gasteiger partial charge in [0.1, 0.15) is 0 Å². The molecule has 3 heterocycles. The molecule has 1 aromatic rings.